The molecule has 1 aromatic carbocycles. The van der Waals surface area contributed by atoms with Gasteiger partial charge in [0.05, 0.1) is 5.57 Å². The molecule has 0 radical (unpaired) electrons. The molecule has 1 aliphatic rings. The Morgan fingerprint density at radius 1 is 1.39 bits per heavy atom. The van der Waals surface area contributed by atoms with Crippen molar-refractivity contribution < 1.29 is 14.3 Å². The van der Waals surface area contributed by atoms with Gasteiger partial charge in [-0.1, -0.05) is 37.3 Å². The molecule has 0 amide bonds. The number of Topliss-reactive ketones (excluding diaryl/α,β-unsaturated/α-hetero) is 1. The standard InChI is InChI=1S/C15H15FO2/c1-2-15(16)9-8-12(13(17)10-15)14(18)11-6-4-3-5-7-11/h3-9,18H,2,10H2,1H3. The fraction of sp³-hybridized carbons (Fsp3) is 0.267. The summed E-state index contributed by atoms with van der Waals surface area (Å²) in [5, 5.41) is 10.0. The van der Waals surface area contributed by atoms with Gasteiger partial charge in [-0.05, 0) is 18.6 Å². The highest BCUT2D eigenvalue weighted by atomic mass is 19.1. The predicted molar refractivity (Wildman–Crippen MR) is 68.9 cm³/mol. The first-order valence-corrected chi connectivity index (χ1v) is 5.96. The summed E-state index contributed by atoms with van der Waals surface area (Å²) in [4.78, 5) is 11.9. The quantitative estimate of drug-likeness (QED) is 0.639. The average molecular weight is 246 g/mol. The minimum Gasteiger partial charge on any atom is -0.507 e. The number of aliphatic hydroxyl groups is 1. The van der Waals surface area contributed by atoms with Crippen molar-refractivity contribution in [1.29, 1.82) is 0 Å². The van der Waals surface area contributed by atoms with Crippen LogP contribution in [0, 0.1) is 0 Å². The average Bonchev–Trinajstić information content (AvgIpc) is 2.39. The molecule has 0 heterocycles. The Hall–Kier alpha value is -1.90. The number of aliphatic hydroxyl groups excluding tert-OH is 1. The highest BCUT2D eigenvalue weighted by Gasteiger charge is 2.33. The maximum atomic E-state index is 14.0. The minimum absolute atomic E-state index is 0.0880. The lowest BCUT2D eigenvalue weighted by Crippen LogP contribution is -2.27. The Kier molecular flexibility index (Phi) is 3.32. The van der Waals surface area contributed by atoms with Gasteiger partial charge in [0.15, 0.2) is 5.78 Å². The summed E-state index contributed by atoms with van der Waals surface area (Å²) in [5.74, 6) is -0.446. The molecular formula is C15H15FO2. The van der Waals surface area contributed by atoms with Gasteiger partial charge in [-0.3, -0.25) is 4.79 Å². The molecule has 1 N–H and O–H groups in total. The van der Waals surface area contributed by atoms with E-state index >= 15 is 0 Å². The van der Waals surface area contributed by atoms with Crippen LogP contribution in [0.5, 0.6) is 0 Å². The van der Waals surface area contributed by atoms with Gasteiger partial charge in [-0.15, -0.1) is 0 Å². The van der Waals surface area contributed by atoms with Gasteiger partial charge >= 0.3 is 0 Å². The van der Waals surface area contributed by atoms with Crippen LogP contribution >= 0.6 is 0 Å². The van der Waals surface area contributed by atoms with Gasteiger partial charge in [-0.2, -0.15) is 0 Å². The Bertz CT molecular complexity index is 517. The second-order valence-corrected chi connectivity index (χ2v) is 4.45. The summed E-state index contributed by atoms with van der Waals surface area (Å²) in [6.07, 6.45) is 2.81. The van der Waals surface area contributed by atoms with Crippen molar-refractivity contribution >= 4 is 11.5 Å². The molecular weight excluding hydrogens is 231 g/mol. The number of benzene rings is 1. The van der Waals surface area contributed by atoms with Crippen LogP contribution in [-0.4, -0.2) is 16.6 Å². The molecule has 0 aliphatic heterocycles. The lowest BCUT2D eigenvalue weighted by Gasteiger charge is -2.23. The zero-order valence-corrected chi connectivity index (χ0v) is 10.2. The lowest BCUT2D eigenvalue weighted by atomic mass is 9.86. The van der Waals surface area contributed by atoms with Crippen LogP contribution in [0.25, 0.3) is 5.76 Å². The molecule has 1 unspecified atom stereocenters. The normalized spacial score (nSPS) is 26.2. The topological polar surface area (TPSA) is 37.3 Å². The van der Waals surface area contributed by atoms with E-state index in [0.717, 1.165) is 0 Å². The first-order chi connectivity index (χ1) is 8.56. The zero-order valence-electron chi connectivity index (χ0n) is 10.2. The fourth-order valence-corrected chi connectivity index (χ4v) is 1.95. The largest absolute Gasteiger partial charge is 0.507 e. The number of alkyl halides is 1. The Labute approximate surface area is 105 Å². The van der Waals surface area contributed by atoms with Crippen molar-refractivity contribution in [2.45, 2.75) is 25.4 Å². The van der Waals surface area contributed by atoms with Crippen molar-refractivity contribution in [3.8, 4) is 0 Å². The Morgan fingerprint density at radius 2 is 2.06 bits per heavy atom. The van der Waals surface area contributed by atoms with E-state index in [1.54, 1.807) is 31.2 Å². The summed E-state index contributed by atoms with van der Waals surface area (Å²) in [7, 11) is 0. The molecule has 0 saturated carbocycles. The van der Waals surface area contributed by atoms with Gasteiger partial charge < -0.3 is 5.11 Å². The number of carbonyl (C=O) groups is 1. The SMILES string of the molecule is CCC1(F)C=CC(=C(O)c2ccccc2)C(=O)C1. The number of allylic oxidation sites excluding steroid dienone is 3. The van der Waals surface area contributed by atoms with Crippen molar-refractivity contribution in [1.82, 2.24) is 0 Å². The van der Waals surface area contributed by atoms with E-state index in [2.05, 4.69) is 0 Å². The number of halogens is 1. The molecule has 0 aromatic heterocycles. The van der Waals surface area contributed by atoms with Gasteiger partial charge in [0.1, 0.15) is 11.4 Å². The fourth-order valence-electron chi connectivity index (χ4n) is 1.95. The van der Waals surface area contributed by atoms with E-state index in [1.807, 2.05) is 6.07 Å². The van der Waals surface area contributed by atoms with Crippen molar-refractivity contribution in [3.63, 3.8) is 0 Å². The highest BCUT2D eigenvalue weighted by Crippen LogP contribution is 2.32. The minimum atomic E-state index is -1.57. The summed E-state index contributed by atoms with van der Waals surface area (Å²) in [5.41, 5.74) is -0.825. The maximum absolute atomic E-state index is 14.0. The second kappa shape index (κ2) is 4.77. The van der Waals surface area contributed by atoms with Crippen LogP contribution in [0.2, 0.25) is 0 Å². The van der Waals surface area contributed by atoms with Crippen molar-refractivity contribution in [2.75, 3.05) is 0 Å². The number of rotatable bonds is 2. The van der Waals surface area contributed by atoms with Gasteiger partial charge in [-0.25, -0.2) is 4.39 Å². The molecule has 2 nitrogen and oxygen atoms in total. The molecule has 0 bridgehead atoms. The third-order valence-corrected chi connectivity index (χ3v) is 3.19. The van der Waals surface area contributed by atoms with Crippen LogP contribution < -0.4 is 0 Å². The number of hydrogen-bond acceptors (Lipinski definition) is 2. The number of ketones is 1. The Morgan fingerprint density at radius 3 is 2.61 bits per heavy atom. The smallest absolute Gasteiger partial charge is 0.170 e. The second-order valence-electron chi connectivity index (χ2n) is 4.45. The molecule has 0 fully saturated rings. The number of carbonyl (C=O) groups excluding carboxylic acids is 1. The van der Waals surface area contributed by atoms with E-state index in [4.69, 9.17) is 0 Å². The molecule has 0 spiro atoms. The van der Waals surface area contributed by atoms with E-state index in [-0.39, 0.29) is 30.0 Å². The van der Waals surface area contributed by atoms with Crippen LogP contribution in [-0.2, 0) is 4.79 Å². The lowest BCUT2D eigenvalue weighted by molar-refractivity contribution is -0.117. The van der Waals surface area contributed by atoms with Gasteiger partial charge in [0.2, 0.25) is 0 Å². The van der Waals surface area contributed by atoms with E-state index in [1.165, 1.54) is 12.2 Å². The van der Waals surface area contributed by atoms with Gasteiger partial charge in [0, 0.05) is 12.0 Å². The summed E-state index contributed by atoms with van der Waals surface area (Å²) >= 11 is 0. The van der Waals surface area contributed by atoms with E-state index < -0.39 is 5.67 Å². The molecule has 0 saturated heterocycles. The first kappa shape index (κ1) is 12.6. The van der Waals surface area contributed by atoms with Crippen LogP contribution in [0.3, 0.4) is 0 Å². The number of hydrogen-bond donors (Lipinski definition) is 1. The highest BCUT2D eigenvalue weighted by molar-refractivity contribution is 6.05. The van der Waals surface area contributed by atoms with Crippen LogP contribution in [0.4, 0.5) is 4.39 Å². The third-order valence-electron chi connectivity index (χ3n) is 3.19. The predicted octanol–water partition coefficient (Wildman–Crippen LogP) is 3.60. The third kappa shape index (κ3) is 2.35. The molecule has 1 atom stereocenters. The van der Waals surface area contributed by atoms with Crippen LogP contribution in [0.1, 0.15) is 25.3 Å². The summed E-state index contributed by atoms with van der Waals surface area (Å²) in [6.45, 7) is 1.70. The molecule has 3 heteroatoms. The Balaban J connectivity index is 2.41. The summed E-state index contributed by atoms with van der Waals surface area (Å²) in [6, 6.07) is 8.79. The zero-order chi connectivity index (χ0) is 13.2. The molecule has 2 rings (SSSR count). The monoisotopic (exact) mass is 246 g/mol. The summed E-state index contributed by atoms with van der Waals surface area (Å²) < 4.78 is 14.0. The van der Waals surface area contributed by atoms with Crippen molar-refractivity contribution in [2.24, 2.45) is 0 Å². The molecule has 94 valence electrons. The van der Waals surface area contributed by atoms with E-state index in [9.17, 15) is 14.3 Å². The van der Waals surface area contributed by atoms with E-state index in [0.29, 0.717) is 5.56 Å². The molecule has 1 aliphatic carbocycles. The first-order valence-electron chi connectivity index (χ1n) is 5.96. The van der Waals surface area contributed by atoms with Gasteiger partial charge in [0.25, 0.3) is 0 Å². The van der Waals surface area contributed by atoms with Crippen molar-refractivity contribution in [3.05, 3.63) is 53.6 Å². The maximum Gasteiger partial charge on any atom is 0.170 e. The molecule has 1 aromatic rings. The molecule has 18 heavy (non-hydrogen) atoms. The van der Waals surface area contributed by atoms with Crippen LogP contribution in [0.15, 0.2) is 48.1 Å².